The van der Waals surface area contributed by atoms with Gasteiger partial charge in [0, 0.05) is 18.5 Å². The van der Waals surface area contributed by atoms with E-state index in [0.29, 0.717) is 24.4 Å². The summed E-state index contributed by atoms with van der Waals surface area (Å²) in [6, 6.07) is 7.12. The van der Waals surface area contributed by atoms with E-state index in [1.807, 2.05) is 12.1 Å². The quantitative estimate of drug-likeness (QED) is 0.750. The topological polar surface area (TPSA) is 29.5 Å². The molecule has 0 aromatic heterocycles. The van der Waals surface area contributed by atoms with E-state index in [-0.39, 0.29) is 0 Å². The molecule has 0 radical (unpaired) electrons. The summed E-state index contributed by atoms with van der Waals surface area (Å²) in [6.45, 7) is 0. The number of carbonyl (C=O) groups excluding carboxylic acids is 1. The summed E-state index contributed by atoms with van der Waals surface area (Å²) in [5.74, 6) is 1.18. The first-order chi connectivity index (χ1) is 10.7. The molecule has 0 unspecified atom stereocenters. The lowest BCUT2D eigenvalue weighted by molar-refractivity contribution is -0.134. The van der Waals surface area contributed by atoms with Crippen LogP contribution in [-0.4, -0.2) is 30.0 Å². The lowest BCUT2D eigenvalue weighted by Crippen LogP contribution is -2.40. The fraction of sp³-hybridized carbons (Fsp3) is 0.611. The first kappa shape index (κ1) is 15.9. The van der Waals surface area contributed by atoms with Crippen LogP contribution in [0, 0.1) is 0 Å². The van der Waals surface area contributed by atoms with Gasteiger partial charge in [-0.15, -0.1) is 0 Å². The van der Waals surface area contributed by atoms with E-state index in [9.17, 15) is 4.79 Å². The number of ether oxygens (including phenoxy) is 1. The second-order valence-corrected chi connectivity index (χ2v) is 7.29. The van der Waals surface area contributed by atoms with Gasteiger partial charge in [0.1, 0.15) is 5.75 Å². The van der Waals surface area contributed by atoms with Crippen LogP contribution in [-0.2, 0) is 11.2 Å². The number of amides is 1. The second-order valence-electron chi connectivity index (χ2n) is 6.44. The zero-order valence-corrected chi connectivity index (χ0v) is 14.8. The summed E-state index contributed by atoms with van der Waals surface area (Å²) in [6.07, 6.45) is 8.81. The fourth-order valence-corrected chi connectivity index (χ4v) is 4.07. The summed E-state index contributed by atoms with van der Waals surface area (Å²) < 4.78 is 6.20. The van der Waals surface area contributed by atoms with E-state index in [4.69, 9.17) is 4.74 Å². The van der Waals surface area contributed by atoms with Gasteiger partial charge in [0.25, 0.3) is 0 Å². The van der Waals surface area contributed by atoms with Crippen LogP contribution in [0.1, 0.15) is 50.5 Å². The average Bonchev–Trinajstić information content (AvgIpc) is 3.19. The van der Waals surface area contributed by atoms with Crippen molar-refractivity contribution in [1.29, 1.82) is 0 Å². The van der Waals surface area contributed by atoms with Crippen molar-refractivity contribution >= 4 is 21.8 Å². The van der Waals surface area contributed by atoms with Gasteiger partial charge in [-0.25, -0.2) is 0 Å². The van der Waals surface area contributed by atoms with Crippen molar-refractivity contribution in [2.45, 2.75) is 63.5 Å². The lowest BCUT2D eigenvalue weighted by Gasteiger charge is -2.29. The molecular weight excluding hydrogens is 342 g/mol. The monoisotopic (exact) mass is 365 g/mol. The van der Waals surface area contributed by atoms with Crippen LogP contribution in [0.25, 0.3) is 0 Å². The maximum absolute atomic E-state index is 12.7. The molecule has 3 rings (SSSR count). The van der Waals surface area contributed by atoms with Gasteiger partial charge >= 0.3 is 0 Å². The molecule has 2 saturated carbocycles. The number of aryl methyl sites for hydroxylation is 1. The molecular formula is C18H24BrNO2. The van der Waals surface area contributed by atoms with Gasteiger partial charge in [0.05, 0.1) is 11.6 Å². The molecule has 1 aromatic carbocycles. The first-order valence-electron chi connectivity index (χ1n) is 8.32. The molecule has 2 fully saturated rings. The molecule has 0 bridgehead atoms. The maximum Gasteiger partial charge on any atom is 0.223 e. The molecule has 4 heteroatoms. The van der Waals surface area contributed by atoms with Crippen LogP contribution >= 0.6 is 15.9 Å². The maximum atomic E-state index is 12.7. The number of halogens is 1. The molecule has 1 aromatic rings. The zero-order valence-electron chi connectivity index (χ0n) is 13.2. The molecule has 2 aliphatic carbocycles. The van der Waals surface area contributed by atoms with E-state index in [0.717, 1.165) is 16.6 Å². The Balaban J connectivity index is 1.59. The highest BCUT2D eigenvalue weighted by atomic mass is 79.9. The van der Waals surface area contributed by atoms with Crippen molar-refractivity contribution in [1.82, 2.24) is 4.90 Å². The number of carbonyl (C=O) groups is 1. The largest absolute Gasteiger partial charge is 0.496 e. The molecule has 0 heterocycles. The molecule has 22 heavy (non-hydrogen) atoms. The molecule has 2 aliphatic rings. The summed E-state index contributed by atoms with van der Waals surface area (Å²) in [4.78, 5) is 14.9. The predicted molar refractivity (Wildman–Crippen MR) is 91.1 cm³/mol. The van der Waals surface area contributed by atoms with Crippen molar-refractivity contribution in [2.75, 3.05) is 7.11 Å². The van der Waals surface area contributed by atoms with Crippen molar-refractivity contribution in [2.24, 2.45) is 0 Å². The minimum atomic E-state index is 0.348. The van der Waals surface area contributed by atoms with Crippen LogP contribution in [0.3, 0.4) is 0 Å². The summed E-state index contributed by atoms with van der Waals surface area (Å²) in [5, 5.41) is 0. The van der Waals surface area contributed by atoms with E-state index in [1.165, 1.54) is 44.1 Å². The van der Waals surface area contributed by atoms with Gasteiger partial charge in [-0.1, -0.05) is 18.9 Å². The van der Waals surface area contributed by atoms with Gasteiger partial charge in [-0.2, -0.15) is 0 Å². The van der Waals surface area contributed by atoms with Gasteiger partial charge < -0.3 is 9.64 Å². The fourth-order valence-electron chi connectivity index (χ4n) is 3.49. The van der Waals surface area contributed by atoms with Gasteiger partial charge in [0.15, 0.2) is 0 Å². The number of hydrogen-bond donors (Lipinski definition) is 0. The molecule has 0 spiro atoms. The summed E-state index contributed by atoms with van der Waals surface area (Å²) in [5.41, 5.74) is 1.18. The number of rotatable bonds is 6. The molecule has 3 nitrogen and oxygen atoms in total. The van der Waals surface area contributed by atoms with E-state index in [2.05, 4.69) is 26.9 Å². The second kappa shape index (κ2) is 7.03. The van der Waals surface area contributed by atoms with Crippen molar-refractivity contribution < 1.29 is 9.53 Å². The number of hydrogen-bond acceptors (Lipinski definition) is 2. The third-order valence-corrected chi connectivity index (χ3v) is 5.41. The Kier molecular flexibility index (Phi) is 5.07. The summed E-state index contributed by atoms with van der Waals surface area (Å²) in [7, 11) is 1.67. The van der Waals surface area contributed by atoms with Crippen molar-refractivity contribution in [3.63, 3.8) is 0 Å². The minimum Gasteiger partial charge on any atom is -0.496 e. The van der Waals surface area contributed by atoms with Crippen LogP contribution < -0.4 is 4.74 Å². The third kappa shape index (κ3) is 3.65. The SMILES string of the molecule is COc1ccc(CCC(=O)N(C2CCCC2)C2CC2)cc1Br. The van der Waals surface area contributed by atoms with Gasteiger partial charge in [-0.3, -0.25) is 4.79 Å². The van der Waals surface area contributed by atoms with E-state index >= 15 is 0 Å². The number of nitrogens with zero attached hydrogens (tertiary/aromatic N) is 1. The number of benzene rings is 1. The smallest absolute Gasteiger partial charge is 0.223 e. The highest BCUT2D eigenvalue weighted by Gasteiger charge is 2.37. The van der Waals surface area contributed by atoms with E-state index < -0.39 is 0 Å². The third-order valence-electron chi connectivity index (χ3n) is 4.79. The Bertz CT molecular complexity index is 536. The summed E-state index contributed by atoms with van der Waals surface area (Å²) >= 11 is 3.51. The molecule has 120 valence electrons. The highest BCUT2D eigenvalue weighted by Crippen LogP contribution is 2.35. The molecule has 1 amide bonds. The Hall–Kier alpha value is -1.03. The Labute approximate surface area is 141 Å². The van der Waals surface area contributed by atoms with Gasteiger partial charge in [-0.05, 0) is 65.7 Å². The normalized spacial score (nSPS) is 18.5. The minimum absolute atomic E-state index is 0.348. The Morgan fingerprint density at radius 1 is 1.23 bits per heavy atom. The van der Waals surface area contributed by atoms with Crippen LogP contribution in [0.5, 0.6) is 5.75 Å². The van der Waals surface area contributed by atoms with Crippen molar-refractivity contribution in [3.8, 4) is 5.75 Å². The molecule has 0 atom stereocenters. The van der Waals surface area contributed by atoms with Gasteiger partial charge in [0.2, 0.25) is 5.91 Å². The average molecular weight is 366 g/mol. The van der Waals surface area contributed by atoms with Crippen LogP contribution in [0.4, 0.5) is 0 Å². The molecule has 0 saturated heterocycles. The number of methoxy groups -OCH3 is 1. The predicted octanol–water partition coefficient (Wildman–Crippen LogP) is 4.32. The standard InChI is InChI=1S/C18H24BrNO2/c1-22-17-10-6-13(12-16(17)19)7-11-18(21)20(15-8-9-15)14-4-2-3-5-14/h6,10,12,14-15H,2-5,7-9,11H2,1H3. The van der Waals surface area contributed by atoms with E-state index in [1.54, 1.807) is 7.11 Å². The zero-order chi connectivity index (χ0) is 15.5. The van der Waals surface area contributed by atoms with Crippen molar-refractivity contribution in [3.05, 3.63) is 28.2 Å². The molecule has 0 aliphatic heterocycles. The highest BCUT2D eigenvalue weighted by molar-refractivity contribution is 9.10. The lowest BCUT2D eigenvalue weighted by atomic mass is 10.1. The Morgan fingerprint density at radius 2 is 1.91 bits per heavy atom. The molecule has 0 N–H and O–H groups in total. The first-order valence-corrected chi connectivity index (χ1v) is 9.12. The van der Waals surface area contributed by atoms with Crippen LogP contribution in [0.2, 0.25) is 0 Å². The Morgan fingerprint density at radius 3 is 2.50 bits per heavy atom. The van der Waals surface area contributed by atoms with Crippen LogP contribution in [0.15, 0.2) is 22.7 Å².